The summed E-state index contributed by atoms with van der Waals surface area (Å²) in [5, 5.41) is 0. The van der Waals surface area contributed by atoms with E-state index in [1.807, 2.05) is 0 Å². The highest BCUT2D eigenvalue weighted by Gasteiger charge is 1.94. The maximum Gasteiger partial charge on any atom is 0.309 e. The number of rotatable bonds is 5. The third-order valence-electron chi connectivity index (χ3n) is 0.884. The molecule has 0 unspecified atom stereocenters. The Morgan fingerprint density at radius 1 is 1.64 bits per heavy atom. The van der Waals surface area contributed by atoms with E-state index in [4.69, 9.17) is 4.74 Å². The first-order valence-electron chi connectivity index (χ1n) is 3.25. The van der Waals surface area contributed by atoms with Crippen LogP contribution in [0.4, 0.5) is 0 Å². The summed E-state index contributed by atoms with van der Waals surface area (Å²) in [6.07, 6.45) is 4.82. The molecule has 0 heterocycles. The minimum Gasteiger partial charge on any atom is -0.505 e. The molecular weight excluding hydrogens is 144 g/mol. The SMILES string of the molecule is C=CCC(=O)OCC=COC. The first-order chi connectivity index (χ1) is 5.31. The molecule has 0 amide bonds. The van der Waals surface area contributed by atoms with Crippen LogP contribution in [-0.2, 0) is 14.3 Å². The van der Waals surface area contributed by atoms with E-state index in [1.165, 1.54) is 19.4 Å². The van der Waals surface area contributed by atoms with Crippen LogP contribution >= 0.6 is 0 Å². The Hall–Kier alpha value is -1.25. The van der Waals surface area contributed by atoms with Gasteiger partial charge >= 0.3 is 5.97 Å². The first kappa shape index (κ1) is 9.75. The van der Waals surface area contributed by atoms with E-state index in [-0.39, 0.29) is 19.0 Å². The zero-order chi connectivity index (χ0) is 8.53. The van der Waals surface area contributed by atoms with Crippen LogP contribution in [0.2, 0.25) is 0 Å². The van der Waals surface area contributed by atoms with Gasteiger partial charge in [-0.3, -0.25) is 4.79 Å². The fourth-order valence-corrected chi connectivity index (χ4v) is 0.453. The van der Waals surface area contributed by atoms with Crippen molar-refractivity contribution in [3.63, 3.8) is 0 Å². The molecule has 0 saturated heterocycles. The molecule has 3 heteroatoms. The van der Waals surface area contributed by atoms with Crippen molar-refractivity contribution in [2.24, 2.45) is 0 Å². The van der Waals surface area contributed by atoms with Gasteiger partial charge in [-0.2, -0.15) is 0 Å². The molecule has 0 rings (SSSR count). The number of hydrogen-bond acceptors (Lipinski definition) is 3. The minimum atomic E-state index is -0.277. The predicted octanol–water partition coefficient (Wildman–Crippen LogP) is 1.27. The molecule has 0 aromatic heterocycles. The van der Waals surface area contributed by atoms with Crippen molar-refractivity contribution in [1.82, 2.24) is 0 Å². The van der Waals surface area contributed by atoms with Crippen molar-refractivity contribution in [3.8, 4) is 0 Å². The second-order valence-electron chi connectivity index (χ2n) is 1.78. The number of esters is 1. The van der Waals surface area contributed by atoms with Gasteiger partial charge in [0.25, 0.3) is 0 Å². The van der Waals surface area contributed by atoms with Crippen LogP contribution in [0.5, 0.6) is 0 Å². The maximum atomic E-state index is 10.6. The first-order valence-corrected chi connectivity index (χ1v) is 3.25. The molecule has 0 spiro atoms. The average Bonchev–Trinajstić information content (AvgIpc) is 1.99. The van der Waals surface area contributed by atoms with Gasteiger partial charge in [0.05, 0.1) is 19.8 Å². The smallest absolute Gasteiger partial charge is 0.309 e. The second kappa shape index (κ2) is 6.86. The second-order valence-corrected chi connectivity index (χ2v) is 1.78. The molecule has 0 atom stereocenters. The van der Waals surface area contributed by atoms with Gasteiger partial charge in [-0.05, 0) is 6.08 Å². The van der Waals surface area contributed by atoms with Crippen molar-refractivity contribution in [1.29, 1.82) is 0 Å². The number of carbonyl (C=O) groups is 1. The van der Waals surface area contributed by atoms with Gasteiger partial charge < -0.3 is 9.47 Å². The summed E-state index contributed by atoms with van der Waals surface area (Å²) in [6.45, 7) is 3.65. The fourth-order valence-electron chi connectivity index (χ4n) is 0.453. The van der Waals surface area contributed by atoms with Crippen LogP contribution in [0.15, 0.2) is 25.0 Å². The molecule has 0 saturated carbocycles. The monoisotopic (exact) mass is 156 g/mol. The highest BCUT2D eigenvalue weighted by atomic mass is 16.5. The molecule has 0 aliphatic heterocycles. The van der Waals surface area contributed by atoms with Gasteiger partial charge in [0.15, 0.2) is 0 Å². The Morgan fingerprint density at radius 2 is 2.36 bits per heavy atom. The molecule has 3 nitrogen and oxygen atoms in total. The lowest BCUT2D eigenvalue weighted by atomic mass is 10.4. The lowest BCUT2D eigenvalue weighted by Crippen LogP contribution is -2.02. The number of carbonyl (C=O) groups excluding carboxylic acids is 1. The Balaban J connectivity index is 3.30. The molecule has 0 N–H and O–H groups in total. The fraction of sp³-hybridized carbons (Fsp3) is 0.375. The third-order valence-corrected chi connectivity index (χ3v) is 0.884. The highest BCUT2D eigenvalue weighted by molar-refractivity contribution is 5.71. The van der Waals surface area contributed by atoms with E-state index in [0.29, 0.717) is 0 Å². The van der Waals surface area contributed by atoms with Crippen molar-refractivity contribution >= 4 is 5.97 Å². The molecule has 0 aliphatic rings. The molecule has 0 radical (unpaired) electrons. The van der Waals surface area contributed by atoms with Crippen LogP contribution in [0.1, 0.15) is 6.42 Å². The molecular formula is C8H12O3. The van der Waals surface area contributed by atoms with Gasteiger partial charge in [0.2, 0.25) is 0 Å². The van der Waals surface area contributed by atoms with Crippen molar-refractivity contribution in [2.75, 3.05) is 13.7 Å². The summed E-state index contributed by atoms with van der Waals surface area (Å²) in [6, 6.07) is 0. The van der Waals surface area contributed by atoms with Gasteiger partial charge in [0.1, 0.15) is 6.61 Å². The minimum absolute atomic E-state index is 0.251. The Morgan fingerprint density at radius 3 is 2.91 bits per heavy atom. The highest BCUT2D eigenvalue weighted by Crippen LogP contribution is 1.86. The Kier molecular flexibility index (Phi) is 6.08. The van der Waals surface area contributed by atoms with E-state index in [2.05, 4.69) is 11.3 Å². The molecule has 11 heavy (non-hydrogen) atoms. The van der Waals surface area contributed by atoms with E-state index < -0.39 is 0 Å². The zero-order valence-corrected chi connectivity index (χ0v) is 6.58. The quantitative estimate of drug-likeness (QED) is 0.341. The summed E-state index contributed by atoms with van der Waals surface area (Å²) in [5.74, 6) is -0.277. The van der Waals surface area contributed by atoms with Crippen molar-refractivity contribution < 1.29 is 14.3 Å². The molecule has 0 aliphatic carbocycles. The van der Waals surface area contributed by atoms with Crippen LogP contribution in [0, 0.1) is 0 Å². The predicted molar refractivity (Wildman–Crippen MR) is 41.9 cm³/mol. The maximum absolute atomic E-state index is 10.6. The van der Waals surface area contributed by atoms with Crippen molar-refractivity contribution in [3.05, 3.63) is 25.0 Å². The largest absolute Gasteiger partial charge is 0.505 e. The lowest BCUT2D eigenvalue weighted by Gasteiger charge is -1.96. The summed E-state index contributed by atoms with van der Waals surface area (Å²) in [5.41, 5.74) is 0. The number of methoxy groups -OCH3 is 1. The van der Waals surface area contributed by atoms with Crippen LogP contribution in [-0.4, -0.2) is 19.7 Å². The van der Waals surface area contributed by atoms with E-state index in [1.54, 1.807) is 6.08 Å². The molecule has 0 aromatic rings. The summed E-state index contributed by atoms with van der Waals surface area (Å²) < 4.78 is 9.30. The van der Waals surface area contributed by atoms with E-state index >= 15 is 0 Å². The molecule has 0 aromatic carbocycles. The number of hydrogen-bond donors (Lipinski definition) is 0. The van der Waals surface area contributed by atoms with Crippen LogP contribution in [0.3, 0.4) is 0 Å². The summed E-state index contributed by atoms with van der Waals surface area (Å²) in [7, 11) is 1.53. The lowest BCUT2D eigenvalue weighted by molar-refractivity contribution is -0.141. The zero-order valence-electron chi connectivity index (χ0n) is 6.58. The molecule has 0 fully saturated rings. The summed E-state index contributed by atoms with van der Waals surface area (Å²) >= 11 is 0. The van der Waals surface area contributed by atoms with E-state index in [0.717, 1.165) is 0 Å². The van der Waals surface area contributed by atoms with Gasteiger partial charge in [-0.15, -0.1) is 6.58 Å². The van der Waals surface area contributed by atoms with Gasteiger partial charge in [-0.25, -0.2) is 0 Å². The average molecular weight is 156 g/mol. The van der Waals surface area contributed by atoms with Crippen LogP contribution in [0.25, 0.3) is 0 Å². The standard InChI is InChI=1S/C8H12O3/c1-3-5-8(9)11-7-4-6-10-2/h3-4,6H,1,5,7H2,2H3. The normalized spacial score (nSPS) is 9.55. The third kappa shape index (κ3) is 6.64. The van der Waals surface area contributed by atoms with E-state index in [9.17, 15) is 4.79 Å². The van der Waals surface area contributed by atoms with Crippen LogP contribution < -0.4 is 0 Å². The number of ether oxygens (including phenoxy) is 2. The molecule has 62 valence electrons. The summed E-state index contributed by atoms with van der Waals surface area (Å²) in [4.78, 5) is 10.6. The van der Waals surface area contributed by atoms with Gasteiger partial charge in [-0.1, -0.05) is 6.08 Å². The van der Waals surface area contributed by atoms with Gasteiger partial charge in [0, 0.05) is 0 Å². The Bertz CT molecular complexity index is 149. The Labute approximate surface area is 66.3 Å². The molecule has 0 bridgehead atoms. The van der Waals surface area contributed by atoms with Crippen molar-refractivity contribution in [2.45, 2.75) is 6.42 Å². The topological polar surface area (TPSA) is 35.5 Å².